The number of pyridine rings is 1. The fourth-order valence-electron chi connectivity index (χ4n) is 3.07. The van der Waals surface area contributed by atoms with Crippen molar-refractivity contribution in [3.05, 3.63) is 60.6 Å². The van der Waals surface area contributed by atoms with Crippen molar-refractivity contribution in [1.29, 1.82) is 0 Å². The van der Waals surface area contributed by atoms with E-state index in [0.29, 0.717) is 44.1 Å². The molecule has 0 atom stereocenters. The van der Waals surface area contributed by atoms with Gasteiger partial charge in [-0.1, -0.05) is 6.07 Å². The smallest absolute Gasteiger partial charge is 0.244 e. The third-order valence-corrected chi connectivity index (χ3v) is 4.75. The number of aromatic nitrogens is 2. The van der Waals surface area contributed by atoms with Crippen molar-refractivity contribution in [2.75, 3.05) is 18.5 Å². The summed E-state index contributed by atoms with van der Waals surface area (Å²) in [5.74, 6) is 0.530. The van der Waals surface area contributed by atoms with Gasteiger partial charge in [-0.25, -0.2) is 4.98 Å². The molecule has 0 unspecified atom stereocenters. The standard InChI is InChI=1S/C20H22N4O3/c21-20(8-11-26-12-9-20)19(25)23-15-4-6-17(7-5-15)27-14-16-13-24-10-2-1-3-18(24)22-16/h1-7,10,13H,8-9,11-12,14,21H2,(H,23,25). The molecule has 2 aromatic heterocycles. The molecule has 1 amide bonds. The molecule has 3 heterocycles. The number of fused-ring (bicyclic) bond motifs is 1. The second kappa shape index (κ2) is 7.38. The van der Waals surface area contributed by atoms with E-state index in [1.165, 1.54) is 0 Å². The number of carbonyl (C=O) groups is 1. The Kier molecular flexibility index (Phi) is 4.79. The van der Waals surface area contributed by atoms with E-state index in [9.17, 15) is 4.79 Å². The molecule has 1 aromatic carbocycles. The van der Waals surface area contributed by atoms with Gasteiger partial charge in [-0.15, -0.1) is 0 Å². The minimum absolute atomic E-state index is 0.177. The van der Waals surface area contributed by atoms with Crippen LogP contribution in [0.1, 0.15) is 18.5 Å². The molecular weight excluding hydrogens is 344 g/mol. The van der Waals surface area contributed by atoms with Crippen LogP contribution in [0.3, 0.4) is 0 Å². The van der Waals surface area contributed by atoms with Crippen molar-refractivity contribution in [3.8, 4) is 5.75 Å². The molecule has 3 aromatic rings. The number of nitrogens with zero attached hydrogens (tertiary/aromatic N) is 2. The normalized spacial score (nSPS) is 16.2. The van der Waals surface area contributed by atoms with Crippen LogP contribution in [0.4, 0.5) is 5.69 Å². The second-order valence-electron chi connectivity index (χ2n) is 6.73. The number of nitrogens with two attached hydrogens (primary N) is 1. The topological polar surface area (TPSA) is 90.9 Å². The summed E-state index contributed by atoms with van der Waals surface area (Å²) in [6, 6.07) is 13.1. The molecule has 3 N–H and O–H groups in total. The highest BCUT2D eigenvalue weighted by Gasteiger charge is 2.35. The summed E-state index contributed by atoms with van der Waals surface area (Å²) in [5, 5.41) is 2.88. The fraction of sp³-hybridized carbons (Fsp3) is 0.300. The molecule has 7 nitrogen and oxygen atoms in total. The first-order chi connectivity index (χ1) is 13.1. The third-order valence-electron chi connectivity index (χ3n) is 4.75. The Labute approximate surface area is 157 Å². The number of amides is 1. The predicted octanol–water partition coefficient (Wildman–Crippen LogP) is 2.36. The molecule has 0 bridgehead atoms. The Hall–Kier alpha value is -2.90. The van der Waals surface area contributed by atoms with Crippen LogP contribution < -0.4 is 15.8 Å². The lowest BCUT2D eigenvalue weighted by Gasteiger charge is -2.31. The quantitative estimate of drug-likeness (QED) is 0.723. The molecule has 140 valence electrons. The molecule has 1 aliphatic heterocycles. The summed E-state index contributed by atoms with van der Waals surface area (Å²) in [7, 11) is 0. The van der Waals surface area contributed by atoms with Crippen LogP contribution in [0.2, 0.25) is 0 Å². The van der Waals surface area contributed by atoms with Crippen molar-refractivity contribution in [2.45, 2.75) is 25.0 Å². The summed E-state index contributed by atoms with van der Waals surface area (Å²) in [6.45, 7) is 1.40. The number of carbonyl (C=O) groups excluding carboxylic acids is 1. The summed E-state index contributed by atoms with van der Waals surface area (Å²) in [5.41, 5.74) is 7.76. The average molecular weight is 366 g/mol. The lowest BCUT2D eigenvalue weighted by atomic mass is 9.90. The Morgan fingerprint density at radius 2 is 2.00 bits per heavy atom. The van der Waals surface area contributed by atoms with Gasteiger partial charge in [0.1, 0.15) is 23.5 Å². The second-order valence-corrected chi connectivity index (χ2v) is 6.73. The zero-order valence-corrected chi connectivity index (χ0v) is 14.9. The lowest BCUT2D eigenvalue weighted by Crippen LogP contribution is -2.54. The molecule has 7 heteroatoms. The highest BCUT2D eigenvalue weighted by Crippen LogP contribution is 2.22. The highest BCUT2D eigenvalue weighted by atomic mass is 16.5. The summed E-state index contributed by atoms with van der Waals surface area (Å²) in [6.07, 6.45) is 4.95. The van der Waals surface area contributed by atoms with Crippen molar-refractivity contribution >= 4 is 17.2 Å². The third kappa shape index (κ3) is 3.94. The number of rotatable bonds is 5. The van der Waals surface area contributed by atoms with Gasteiger partial charge in [0.2, 0.25) is 5.91 Å². The van der Waals surface area contributed by atoms with Gasteiger partial charge in [-0.05, 0) is 49.2 Å². The molecule has 1 fully saturated rings. The van der Waals surface area contributed by atoms with Crippen molar-refractivity contribution in [3.63, 3.8) is 0 Å². The molecule has 27 heavy (non-hydrogen) atoms. The predicted molar refractivity (Wildman–Crippen MR) is 102 cm³/mol. The van der Waals surface area contributed by atoms with Crippen LogP contribution in [0.5, 0.6) is 5.75 Å². The number of hydrogen-bond acceptors (Lipinski definition) is 5. The number of benzene rings is 1. The zero-order valence-electron chi connectivity index (χ0n) is 14.9. The van der Waals surface area contributed by atoms with Crippen LogP contribution in [0.15, 0.2) is 54.9 Å². The van der Waals surface area contributed by atoms with Gasteiger partial charge < -0.3 is 24.9 Å². The molecule has 4 rings (SSSR count). The van der Waals surface area contributed by atoms with Gasteiger partial charge in [0.25, 0.3) is 0 Å². The monoisotopic (exact) mass is 366 g/mol. The van der Waals surface area contributed by atoms with Crippen LogP contribution in [-0.4, -0.2) is 34.0 Å². The van der Waals surface area contributed by atoms with Gasteiger partial charge in [0, 0.05) is 31.3 Å². The first-order valence-electron chi connectivity index (χ1n) is 8.96. The van der Waals surface area contributed by atoms with Crippen LogP contribution in [0, 0.1) is 0 Å². The molecule has 1 saturated heterocycles. The molecule has 0 aliphatic carbocycles. The Bertz CT molecular complexity index is 897. The van der Waals surface area contributed by atoms with E-state index in [0.717, 1.165) is 11.3 Å². The number of ether oxygens (including phenoxy) is 2. The van der Waals surface area contributed by atoms with E-state index in [1.54, 1.807) is 12.1 Å². The lowest BCUT2D eigenvalue weighted by molar-refractivity contribution is -0.124. The van der Waals surface area contributed by atoms with E-state index in [4.69, 9.17) is 15.2 Å². The van der Waals surface area contributed by atoms with Gasteiger partial charge in [0.05, 0.1) is 5.69 Å². The molecule has 0 radical (unpaired) electrons. The van der Waals surface area contributed by atoms with Gasteiger partial charge in [0.15, 0.2) is 0 Å². The first kappa shape index (κ1) is 17.5. The number of anilines is 1. The highest BCUT2D eigenvalue weighted by molar-refractivity contribution is 5.98. The molecule has 0 saturated carbocycles. The number of nitrogens with one attached hydrogen (secondary N) is 1. The summed E-state index contributed by atoms with van der Waals surface area (Å²) < 4.78 is 13.0. The number of imidazole rings is 1. The maximum absolute atomic E-state index is 12.4. The maximum atomic E-state index is 12.4. The summed E-state index contributed by atoms with van der Waals surface area (Å²) >= 11 is 0. The number of hydrogen-bond donors (Lipinski definition) is 2. The largest absolute Gasteiger partial charge is 0.487 e. The van der Waals surface area contributed by atoms with Gasteiger partial charge in [-0.3, -0.25) is 4.79 Å². The Morgan fingerprint density at radius 3 is 2.74 bits per heavy atom. The average Bonchev–Trinajstić information content (AvgIpc) is 3.11. The molecule has 1 aliphatic rings. The van der Waals surface area contributed by atoms with E-state index in [2.05, 4.69) is 10.3 Å². The maximum Gasteiger partial charge on any atom is 0.244 e. The minimum atomic E-state index is -0.865. The van der Waals surface area contributed by atoms with Crippen LogP contribution in [0.25, 0.3) is 5.65 Å². The fourth-order valence-corrected chi connectivity index (χ4v) is 3.07. The Balaban J connectivity index is 1.35. The van der Waals surface area contributed by atoms with E-state index in [-0.39, 0.29) is 5.91 Å². The van der Waals surface area contributed by atoms with E-state index < -0.39 is 5.54 Å². The van der Waals surface area contributed by atoms with E-state index >= 15 is 0 Å². The van der Waals surface area contributed by atoms with Gasteiger partial charge in [-0.2, -0.15) is 0 Å². The van der Waals surface area contributed by atoms with E-state index in [1.807, 2.05) is 47.1 Å². The van der Waals surface area contributed by atoms with Crippen molar-refractivity contribution < 1.29 is 14.3 Å². The van der Waals surface area contributed by atoms with Crippen LogP contribution in [-0.2, 0) is 16.1 Å². The van der Waals surface area contributed by atoms with Crippen LogP contribution >= 0.6 is 0 Å². The SMILES string of the molecule is NC1(C(=O)Nc2ccc(OCc3cn4ccccc4n3)cc2)CCOCC1. The minimum Gasteiger partial charge on any atom is -0.487 e. The first-order valence-corrected chi connectivity index (χ1v) is 8.96. The molecule has 0 spiro atoms. The Morgan fingerprint density at radius 1 is 1.22 bits per heavy atom. The zero-order chi connectivity index (χ0) is 18.7. The van der Waals surface area contributed by atoms with Crippen molar-refractivity contribution in [2.24, 2.45) is 5.73 Å². The van der Waals surface area contributed by atoms with Crippen molar-refractivity contribution in [1.82, 2.24) is 9.38 Å². The molecular formula is C20H22N4O3. The van der Waals surface area contributed by atoms with Gasteiger partial charge >= 0.3 is 0 Å². The summed E-state index contributed by atoms with van der Waals surface area (Å²) in [4.78, 5) is 16.9.